The average Bonchev–Trinajstić information content (AvgIpc) is 2.11. The maximum Gasteiger partial charge on any atom is 0.142 e. The maximum absolute atomic E-state index is 12.9. The SMILES string of the molecule is CCC(=O)Cc1ccc(Cl)c(F)c1. The highest BCUT2D eigenvalue weighted by Gasteiger charge is 2.04. The van der Waals surface area contributed by atoms with E-state index in [9.17, 15) is 9.18 Å². The minimum atomic E-state index is -0.469. The fraction of sp³-hybridized carbons (Fsp3) is 0.300. The van der Waals surface area contributed by atoms with Crippen molar-refractivity contribution < 1.29 is 9.18 Å². The average molecular weight is 201 g/mol. The summed E-state index contributed by atoms with van der Waals surface area (Å²) in [5.41, 5.74) is 0.675. The third-order valence-corrected chi connectivity index (χ3v) is 2.09. The molecule has 0 aliphatic heterocycles. The Hall–Kier alpha value is -0.890. The third kappa shape index (κ3) is 2.81. The smallest absolute Gasteiger partial charge is 0.142 e. The van der Waals surface area contributed by atoms with Crippen LogP contribution in [0, 0.1) is 5.82 Å². The van der Waals surface area contributed by atoms with Crippen molar-refractivity contribution in [2.24, 2.45) is 0 Å². The van der Waals surface area contributed by atoms with Crippen molar-refractivity contribution in [2.75, 3.05) is 0 Å². The molecule has 0 fully saturated rings. The van der Waals surface area contributed by atoms with Gasteiger partial charge in [0.25, 0.3) is 0 Å². The van der Waals surface area contributed by atoms with Crippen LogP contribution in [0.4, 0.5) is 4.39 Å². The van der Waals surface area contributed by atoms with Gasteiger partial charge in [0.1, 0.15) is 11.6 Å². The minimum absolute atomic E-state index is 0.0905. The molecule has 1 rings (SSSR count). The first-order valence-corrected chi connectivity index (χ1v) is 4.47. The number of carbonyl (C=O) groups is 1. The van der Waals surface area contributed by atoms with Crippen LogP contribution in [-0.4, -0.2) is 5.78 Å². The molecular formula is C10H10ClFO. The summed E-state index contributed by atoms with van der Waals surface area (Å²) in [4.78, 5) is 11.0. The van der Waals surface area contributed by atoms with E-state index >= 15 is 0 Å². The maximum atomic E-state index is 12.9. The molecule has 0 aliphatic carbocycles. The van der Waals surface area contributed by atoms with Crippen LogP contribution in [-0.2, 0) is 11.2 Å². The number of rotatable bonds is 3. The van der Waals surface area contributed by atoms with E-state index in [4.69, 9.17) is 11.6 Å². The number of hydrogen-bond acceptors (Lipinski definition) is 1. The number of Topliss-reactive ketones (excluding diaryl/α,β-unsaturated/α-hetero) is 1. The predicted octanol–water partition coefficient (Wildman–Crippen LogP) is 3.00. The second-order valence-corrected chi connectivity index (χ2v) is 3.22. The van der Waals surface area contributed by atoms with Crippen LogP contribution >= 0.6 is 11.6 Å². The molecule has 0 aliphatic rings. The number of benzene rings is 1. The van der Waals surface area contributed by atoms with E-state index < -0.39 is 5.82 Å². The molecule has 1 aromatic rings. The van der Waals surface area contributed by atoms with E-state index in [1.54, 1.807) is 13.0 Å². The summed E-state index contributed by atoms with van der Waals surface area (Å²) in [5.74, 6) is -0.371. The van der Waals surface area contributed by atoms with Crippen LogP contribution in [0.15, 0.2) is 18.2 Å². The van der Waals surface area contributed by atoms with Crippen LogP contribution in [0.25, 0.3) is 0 Å². The topological polar surface area (TPSA) is 17.1 Å². The molecule has 3 heteroatoms. The van der Waals surface area contributed by atoms with Gasteiger partial charge in [0.2, 0.25) is 0 Å². The van der Waals surface area contributed by atoms with Gasteiger partial charge in [-0.1, -0.05) is 24.6 Å². The Morgan fingerprint density at radius 3 is 2.77 bits per heavy atom. The molecule has 0 N–H and O–H groups in total. The van der Waals surface area contributed by atoms with Crippen molar-refractivity contribution >= 4 is 17.4 Å². The molecule has 1 aromatic carbocycles. The molecule has 70 valence electrons. The van der Waals surface area contributed by atoms with Gasteiger partial charge in [-0.05, 0) is 17.7 Å². The predicted molar refractivity (Wildman–Crippen MR) is 50.4 cm³/mol. The van der Waals surface area contributed by atoms with Crippen molar-refractivity contribution in [3.8, 4) is 0 Å². The summed E-state index contributed by atoms with van der Waals surface area (Å²) in [6.45, 7) is 1.79. The fourth-order valence-corrected chi connectivity index (χ4v) is 1.12. The molecule has 0 bridgehead atoms. The van der Waals surface area contributed by atoms with Gasteiger partial charge in [0.05, 0.1) is 5.02 Å². The molecule has 0 heterocycles. The van der Waals surface area contributed by atoms with Crippen molar-refractivity contribution in [3.05, 3.63) is 34.6 Å². The first-order chi connectivity index (χ1) is 6.13. The van der Waals surface area contributed by atoms with E-state index in [0.29, 0.717) is 12.0 Å². The first-order valence-electron chi connectivity index (χ1n) is 4.09. The lowest BCUT2D eigenvalue weighted by molar-refractivity contribution is -0.118. The highest BCUT2D eigenvalue weighted by molar-refractivity contribution is 6.30. The number of halogens is 2. The largest absolute Gasteiger partial charge is 0.299 e. The Kier molecular flexibility index (Phi) is 3.43. The lowest BCUT2D eigenvalue weighted by atomic mass is 10.1. The second-order valence-electron chi connectivity index (χ2n) is 2.82. The molecule has 0 amide bonds. The highest BCUT2D eigenvalue weighted by Crippen LogP contribution is 2.16. The van der Waals surface area contributed by atoms with Crippen molar-refractivity contribution in [1.29, 1.82) is 0 Å². The summed E-state index contributed by atoms with van der Waals surface area (Å²) < 4.78 is 12.9. The summed E-state index contributed by atoms with van der Waals surface area (Å²) in [5, 5.41) is 0.0905. The van der Waals surface area contributed by atoms with E-state index in [1.807, 2.05) is 0 Å². The summed E-state index contributed by atoms with van der Waals surface area (Å²) in [7, 11) is 0. The summed E-state index contributed by atoms with van der Waals surface area (Å²) >= 11 is 5.49. The molecule has 0 unspecified atom stereocenters. The molecular weight excluding hydrogens is 191 g/mol. The van der Waals surface area contributed by atoms with Gasteiger partial charge >= 0.3 is 0 Å². The zero-order valence-corrected chi connectivity index (χ0v) is 8.07. The normalized spacial score (nSPS) is 10.1. The molecule has 0 saturated carbocycles. The zero-order chi connectivity index (χ0) is 9.84. The van der Waals surface area contributed by atoms with Gasteiger partial charge in [-0.2, -0.15) is 0 Å². The Balaban J connectivity index is 2.79. The highest BCUT2D eigenvalue weighted by atomic mass is 35.5. The minimum Gasteiger partial charge on any atom is -0.299 e. The summed E-state index contributed by atoms with van der Waals surface area (Å²) in [6, 6.07) is 4.43. The standard InChI is InChI=1S/C10H10ClFO/c1-2-8(13)5-7-3-4-9(11)10(12)6-7/h3-4,6H,2,5H2,1H3. The third-order valence-electron chi connectivity index (χ3n) is 1.78. The van der Waals surface area contributed by atoms with Crippen LogP contribution in [0.3, 0.4) is 0 Å². The van der Waals surface area contributed by atoms with Crippen LogP contribution in [0.1, 0.15) is 18.9 Å². The lowest BCUT2D eigenvalue weighted by Gasteiger charge is -2.00. The van der Waals surface area contributed by atoms with Crippen molar-refractivity contribution in [3.63, 3.8) is 0 Å². The van der Waals surface area contributed by atoms with Crippen LogP contribution in [0.5, 0.6) is 0 Å². The molecule has 0 saturated heterocycles. The molecule has 0 radical (unpaired) electrons. The van der Waals surface area contributed by atoms with Gasteiger partial charge in [-0.25, -0.2) is 4.39 Å². The van der Waals surface area contributed by atoms with Gasteiger partial charge in [-0.15, -0.1) is 0 Å². The van der Waals surface area contributed by atoms with E-state index in [0.717, 1.165) is 0 Å². The Bertz CT molecular complexity index is 323. The quantitative estimate of drug-likeness (QED) is 0.733. The van der Waals surface area contributed by atoms with Crippen LogP contribution < -0.4 is 0 Å². The molecule has 0 spiro atoms. The fourth-order valence-electron chi connectivity index (χ4n) is 1.00. The molecule has 0 atom stereocenters. The van der Waals surface area contributed by atoms with Gasteiger partial charge in [0, 0.05) is 12.8 Å². The van der Waals surface area contributed by atoms with Gasteiger partial charge in [-0.3, -0.25) is 4.79 Å². The van der Waals surface area contributed by atoms with E-state index in [2.05, 4.69) is 0 Å². The molecule has 0 aromatic heterocycles. The van der Waals surface area contributed by atoms with Crippen molar-refractivity contribution in [1.82, 2.24) is 0 Å². The number of carbonyl (C=O) groups excluding carboxylic acids is 1. The van der Waals surface area contributed by atoms with E-state index in [-0.39, 0.29) is 17.2 Å². The Labute approximate surface area is 81.5 Å². The van der Waals surface area contributed by atoms with E-state index in [1.165, 1.54) is 12.1 Å². The first kappa shape index (κ1) is 10.2. The number of hydrogen-bond donors (Lipinski definition) is 0. The molecule has 1 nitrogen and oxygen atoms in total. The molecule has 13 heavy (non-hydrogen) atoms. The number of ketones is 1. The van der Waals surface area contributed by atoms with Gasteiger partial charge < -0.3 is 0 Å². The van der Waals surface area contributed by atoms with Crippen molar-refractivity contribution in [2.45, 2.75) is 19.8 Å². The Morgan fingerprint density at radius 1 is 1.54 bits per heavy atom. The zero-order valence-electron chi connectivity index (χ0n) is 7.31. The van der Waals surface area contributed by atoms with Gasteiger partial charge in [0.15, 0.2) is 0 Å². The second kappa shape index (κ2) is 4.38. The lowest BCUT2D eigenvalue weighted by Crippen LogP contribution is -2.00. The Morgan fingerprint density at radius 2 is 2.23 bits per heavy atom. The monoisotopic (exact) mass is 200 g/mol. The van der Waals surface area contributed by atoms with Crippen LogP contribution in [0.2, 0.25) is 5.02 Å². The summed E-state index contributed by atoms with van der Waals surface area (Å²) in [6.07, 6.45) is 0.759.